The molecule has 1 fully saturated rings. The highest BCUT2D eigenvalue weighted by atomic mass is 32.1. The normalized spacial score (nSPS) is 25.2. The van der Waals surface area contributed by atoms with E-state index in [1.165, 1.54) is 0 Å². The molecule has 2 nitrogen and oxygen atoms in total. The molecule has 0 aliphatic carbocycles. The summed E-state index contributed by atoms with van der Waals surface area (Å²) in [5.74, 6) is 0.0656. The molecule has 0 saturated carbocycles. The van der Waals surface area contributed by atoms with Crippen LogP contribution in [0.1, 0.15) is 11.8 Å². The van der Waals surface area contributed by atoms with E-state index in [2.05, 4.69) is 5.32 Å². The van der Waals surface area contributed by atoms with Gasteiger partial charge in [0.15, 0.2) is 0 Å². The van der Waals surface area contributed by atoms with E-state index in [9.17, 15) is 4.79 Å². The van der Waals surface area contributed by atoms with Gasteiger partial charge in [-0.2, -0.15) is 0 Å². The molecule has 1 saturated heterocycles. The number of hydrogen-bond donors (Lipinski definition) is 1. The summed E-state index contributed by atoms with van der Waals surface area (Å²) in [6, 6.07) is 4.22. The van der Waals surface area contributed by atoms with Crippen molar-refractivity contribution in [1.82, 2.24) is 5.32 Å². The lowest BCUT2D eigenvalue weighted by Crippen LogP contribution is -2.49. The number of carbonyl (C=O) groups is 1. The molecule has 0 unspecified atom stereocenters. The van der Waals surface area contributed by atoms with E-state index in [0.29, 0.717) is 0 Å². The Morgan fingerprint density at radius 2 is 2.50 bits per heavy atom. The van der Waals surface area contributed by atoms with Gasteiger partial charge in [0.05, 0.1) is 6.04 Å². The lowest BCUT2D eigenvalue weighted by Gasteiger charge is -2.26. The van der Waals surface area contributed by atoms with Crippen LogP contribution in [0.15, 0.2) is 23.1 Å². The molecule has 1 amide bonds. The van der Waals surface area contributed by atoms with Crippen molar-refractivity contribution in [3.05, 3.63) is 28.0 Å². The zero-order chi connectivity index (χ0) is 8.55. The molecule has 3 heteroatoms. The highest BCUT2D eigenvalue weighted by molar-refractivity contribution is 7.10. The van der Waals surface area contributed by atoms with Gasteiger partial charge in [0.1, 0.15) is 0 Å². The van der Waals surface area contributed by atoms with Gasteiger partial charge in [-0.05, 0) is 24.4 Å². The molecule has 1 aliphatic heterocycles. The lowest BCUT2D eigenvalue weighted by atomic mass is 9.99. The van der Waals surface area contributed by atoms with E-state index in [0.717, 1.165) is 10.5 Å². The monoisotopic (exact) mass is 179 g/mol. The van der Waals surface area contributed by atoms with E-state index in [1.807, 2.05) is 30.5 Å². The average molecular weight is 179 g/mol. The Balaban J connectivity index is 2.24. The first-order valence-electron chi connectivity index (χ1n) is 3.83. The quantitative estimate of drug-likeness (QED) is 0.515. The number of β-lactam (4-membered cyclic amide) rings is 1. The minimum atomic E-state index is 0.0656. The maximum atomic E-state index is 11.0. The van der Waals surface area contributed by atoms with Gasteiger partial charge in [-0.1, -0.05) is 6.07 Å². The SMILES string of the molecule is C[C@H]1NC(=O)/C1=C\c1cccs1. The van der Waals surface area contributed by atoms with Gasteiger partial charge in [0, 0.05) is 10.5 Å². The topological polar surface area (TPSA) is 29.1 Å². The highest BCUT2D eigenvalue weighted by Gasteiger charge is 2.27. The van der Waals surface area contributed by atoms with Gasteiger partial charge < -0.3 is 5.32 Å². The summed E-state index contributed by atoms with van der Waals surface area (Å²) in [5, 5.41) is 4.77. The molecule has 2 heterocycles. The molecule has 1 aromatic heterocycles. The summed E-state index contributed by atoms with van der Waals surface area (Å²) in [6.07, 6.45) is 1.95. The minimum Gasteiger partial charge on any atom is -0.346 e. The van der Waals surface area contributed by atoms with Crippen molar-refractivity contribution in [2.24, 2.45) is 0 Å². The van der Waals surface area contributed by atoms with E-state index in [-0.39, 0.29) is 11.9 Å². The summed E-state index contributed by atoms with van der Waals surface area (Å²) >= 11 is 1.65. The number of carbonyl (C=O) groups excluding carboxylic acids is 1. The van der Waals surface area contributed by atoms with Crippen LogP contribution in [0.5, 0.6) is 0 Å². The number of hydrogen-bond acceptors (Lipinski definition) is 2. The van der Waals surface area contributed by atoms with E-state index < -0.39 is 0 Å². The lowest BCUT2D eigenvalue weighted by molar-refractivity contribution is -0.121. The van der Waals surface area contributed by atoms with Crippen molar-refractivity contribution >= 4 is 23.3 Å². The second-order valence-corrected chi connectivity index (χ2v) is 3.79. The standard InChI is InChI=1S/C9H9NOS/c1-6-8(9(11)10-6)5-7-3-2-4-12-7/h2-6H,1H3,(H,10,11)/b8-5-/t6-/m1/s1. The largest absolute Gasteiger partial charge is 0.346 e. The fourth-order valence-corrected chi connectivity index (χ4v) is 1.86. The second-order valence-electron chi connectivity index (χ2n) is 2.81. The van der Waals surface area contributed by atoms with Crippen LogP contribution in [0.2, 0.25) is 0 Å². The average Bonchev–Trinajstić information content (AvgIpc) is 2.52. The number of nitrogens with one attached hydrogen (secondary N) is 1. The van der Waals surface area contributed by atoms with Crippen molar-refractivity contribution in [3.63, 3.8) is 0 Å². The molecule has 1 atom stereocenters. The fourth-order valence-electron chi connectivity index (χ4n) is 1.19. The van der Waals surface area contributed by atoms with Crippen LogP contribution in [0.25, 0.3) is 6.08 Å². The van der Waals surface area contributed by atoms with Crippen LogP contribution >= 0.6 is 11.3 Å². The maximum absolute atomic E-state index is 11.0. The summed E-state index contributed by atoms with van der Waals surface area (Å²) < 4.78 is 0. The predicted octanol–water partition coefficient (Wildman–Crippen LogP) is 1.65. The Hall–Kier alpha value is -1.09. The minimum absolute atomic E-state index is 0.0656. The fraction of sp³-hybridized carbons (Fsp3) is 0.222. The molecule has 0 radical (unpaired) electrons. The molecule has 1 aliphatic rings. The summed E-state index contributed by atoms with van der Waals surface area (Å²) in [7, 11) is 0. The van der Waals surface area contributed by atoms with Gasteiger partial charge in [-0.15, -0.1) is 11.3 Å². The van der Waals surface area contributed by atoms with Crippen LogP contribution in [-0.2, 0) is 4.79 Å². The smallest absolute Gasteiger partial charge is 0.249 e. The van der Waals surface area contributed by atoms with Crippen LogP contribution in [0.3, 0.4) is 0 Å². The van der Waals surface area contributed by atoms with Gasteiger partial charge >= 0.3 is 0 Å². The number of amides is 1. The molecule has 1 N–H and O–H groups in total. The van der Waals surface area contributed by atoms with Crippen LogP contribution in [-0.4, -0.2) is 11.9 Å². The molecule has 12 heavy (non-hydrogen) atoms. The zero-order valence-electron chi connectivity index (χ0n) is 6.70. The number of rotatable bonds is 1. The first kappa shape index (κ1) is 7.55. The maximum Gasteiger partial charge on any atom is 0.249 e. The van der Waals surface area contributed by atoms with Crippen molar-refractivity contribution < 1.29 is 4.79 Å². The predicted molar refractivity (Wildman–Crippen MR) is 49.9 cm³/mol. The third-order valence-corrected chi connectivity index (χ3v) is 2.74. The first-order valence-corrected chi connectivity index (χ1v) is 4.71. The zero-order valence-corrected chi connectivity index (χ0v) is 7.52. The number of thiophene rings is 1. The van der Waals surface area contributed by atoms with E-state index >= 15 is 0 Å². The van der Waals surface area contributed by atoms with Crippen LogP contribution in [0.4, 0.5) is 0 Å². The van der Waals surface area contributed by atoms with Crippen molar-refractivity contribution in [2.45, 2.75) is 13.0 Å². The van der Waals surface area contributed by atoms with Crippen molar-refractivity contribution in [3.8, 4) is 0 Å². The Kier molecular flexibility index (Phi) is 1.73. The molecule has 0 bridgehead atoms. The van der Waals surface area contributed by atoms with Gasteiger partial charge in [0.25, 0.3) is 0 Å². The van der Waals surface area contributed by atoms with Gasteiger partial charge in [-0.25, -0.2) is 0 Å². The molecular weight excluding hydrogens is 170 g/mol. The Morgan fingerprint density at radius 1 is 1.67 bits per heavy atom. The van der Waals surface area contributed by atoms with Crippen LogP contribution in [0, 0.1) is 0 Å². The second kappa shape index (κ2) is 2.75. The van der Waals surface area contributed by atoms with Crippen LogP contribution < -0.4 is 5.32 Å². The molecule has 2 rings (SSSR count). The van der Waals surface area contributed by atoms with Crippen molar-refractivity contribution in [1.29, 1.82) is 0 Å². The Bertz CT molecular complexity index is 326. The molecule has 62 valence electrons. The molecule has 0 aromatic carbocycles. The Labute approximate surface area is 74.9 Å². The van der Waals surface area contributed by atoms with E-state index in [4.69, 9.17) is 0 Å². The van der Waals surface area contributed by atoms with Gasteiger partial charge in [-0.3, -0.25) is 4.79 Å². The summed E-state index contributed by atoms with van der Waals surface area (Å²) in [5.41, 5.74) is 0.887. The third kappa shape index (κ3) is 1.16. The highest BCUT2D eigenvalue weighted by Crippen LogP contribution is 2.19. The Morgan fingerprint density at radius 3 is 3.00 bits per heavy atom. The van der Waals surface area contributed by atoms with Gasteiger partial charge in [0.2, 0.25) is 5.91 Å². The summed E-state index contributed by atoms with van der Waals surface area (Å²) in [4.78, 5) is 12.1. The third-order valence-electron chi connectivity index (χ3n) is 1.92. The van der Waals surface area contributed by atoms with Crippen molar-refractivity contribution in [2.75, 3.05) is 0 Å². The van der Waals surface area contributed by atoms with E-state index in [1.54, 1.807) is 11.3 Å². The molecule has 0 spiro atoms. The summed E-state index contributed by atoms with van der Waals surface area (Å²) in [6.45, 7) is 1.99. The molecule has 1 aromatic rings. The first-order chi connectivity index (χ1) is 5.77. The molecular formula is C9H9NOS.